The van der Waals surface area contributed by atoms with Gasteiger partial charge < -0.3 is 19.9 Å². The molecule has 2 aromatic heterocycles. The second-order valence-corrected chi connectivity index (χ2v) is 10.1. The van der Waals surface area contributed by atoms with Crippen molar-refractivity contribution in [3.05, 3.63) is 64.3 Å². The van der Waals surface area contributed by atoms with Crippen LogP contribution in [0, 0.1) is 18.6 Å². The third-order valence-electron chi connectivity index (χ3n) is 6.56. The summed E-state index contributed by atoms with van der Waals surface area (Å²) in [7, 11) is 1.57. The molecule has 2 heterocycles. The van der Waals surface area contributed by atoms with Crippen molar-refractivity contribution in [1.29, 1.82) is 0 Å². The van der Waals surface area contributed by atoms with Gasteiger partial charge in [-0.1, -0.05) is 0 Å². The van der Waals surface area contributed by atoms with Crippen LogP contribution in [0.5, 0.6) is 11.5 Å². The van der Waals surface area contributed by atoms with Gasteiger partial charge in [0, 0.05) is 28.4 Å². The number of aryl methyl sites for hydroxylation is 1. The van der Waals surface area contributed by atoms with Crippen LogP contribution >= 0.6 is 11.3 Å². The number of rotatable bonds is 9. The number of halogens is 2. The van der Waals surface area contributed by atoms with Crippen LogP contribution in [0.2, 0.25) is 0 Å². The van der Waals surface area contributed by atoms with Gasteiger partial charge in [-0.05, 0) is 62.4 Å². The smallest absolute Gasteiger partial charge is 0.339 e. The van der Waals surface area contributed by atoms with E-state index in [0.29, 0.717) is 35.6 Å². The number of aromatic nitrogens is 2. The van der Waals surface area contributed by atoms with Gasteiger partial charge in [0.05, 0.1) is 23.6 Å². The summed E-state index contributed by atoms with van der Waals surface area (Å²) in [6, 6.07) is 7.35. The lowest BCUT2D eigenvalue weighted by molar-refractivity contribution is 0.0676. The molecule has 0 bridgehead atoms. The molecule has 5 rings (SSSR count). The van der Waals surface area contributed by atoms with E-state index in [1.165, 1.54) is 35.9 Å². The third-order valence-corrected chi connectivity index (χ3v) is 7.72. The summed E-state index contributed by atoms with van der Waals surface area (Å²) >= 11 is 1.49. The first-order chi connectivity index (χ1) is 17.9. The fourth-order valence-corrected chi connectivity index (χ4v) is 5.59. The Bertz CT molecular complexity index is 1490. The minimum atomic E-state index is -1.25. The highest BCUT2D eigenvalue weighted by Crippen LogP contribution is 2.39. The summed E-state index contributed by atoms with van der Waals surface area (Å²) in [6.07, 6.45) is 4.16. The lowest BCUT2D eigenvalue weighted by Crippen LogP contribution is -2.26. The highest BCUT2D eigenvalue weighted by atomic mass is 32.1. The number of thiophene rings is 1. The average Bonchev–Trinajstić information content (AvgIpc) is 3.19. The van der Waals surface area contributed by atoms with Crippen molar-refractivity contribution >= 4 is 33.2 Å². The molecule has 0 amide bonds. The van der Waals surface area contributed by atoms with Crippen molar-refractivity contribution in [3.8, 4) is 22.8 Å². The Kier molecular flexibility index (Phi) is 6.92. The molecule has 4 aromatic rings. The standard InChI is InChI=1S/C27H25F2N3O4S/c1-14-16(23-19(28)8-9-21(35-2)26(23)37-14)10-11-30-22-12-20(31-13-32-22)17-6-7-18(27(33)34)25(24(17)29)36-15-4-3-5-15/h6-9,12-13,15H,3-5,10-11H2,1-2H3,(H,33,34)(H,30,31,32). The number of hydrogen-bond donors (Lipinski definition) is 2. The van der Waals surface area contributed by atoms with E-state index in [4.69, 9.17) is 9.47 Å². The Hall–Kier alpha value is -3.79. The van der Waals surface area contributed by atoms with Crippen molar-refractivity contribution in [2.75, 3.05) is 19.0 Å². The maximum atomic E-state index is 15.4. The number of anilines is 1. The van der Waals surface area contributed by atoms with Gasteiger partial charge in [0.25, 0.3) is 0 Å². The van der Waals surface area contributed by atoms with Crippen LogP contribution in [-0.4, -0.2) is 40.8 Å². The molecule has 0 spiro atoms. The topological polar surface area (TPSA) is 93.6 Å². The summed E-state index contributed by atoms with van der Waals surface area (Å²) < 4.78 is 42.0. The zero-order valence-corrected chi connectivity index (χ0v) is 21.1. The Labute approximate surface area is 216 Å². The lowest BCUT2D eigenvalue weighted by Gasteiger charge is -2.27. The van der Waals surface area contributed by atoms with Gasteiger partial charge >= 0.3 is 5.97 Å². The highest BCUT2D eigenvalue weighted by Gasteiger charge is 2.27. The summed E-state index contributed by atoms with van der Waals surface area (Å²) in [4.78, 5) is 21.0. The van der Waals surface area contributed by atoms with E-state index in [1.54, 1.807) is 19.2 Å². The van der Waals surface area contributed by atoms with Gasteiger partial charge in [-0.2, -0.15) is 0 Å². The summed E-state index contributed by atoms with van der Waals surface area (Å²) in [5, 5.41) is 13.3. The zero-order chi connectivity index (χ0) is 26.1. The number of aromatic carboxylic acids is 1. The Morgan fingerprint density at radius 3 is 2.73 bits per heavy atom. The number of benzene rings is 2. The Balaban J connectivity index is 1.37. The highest BCUT2D eigenvalue weighted by molar-refractivity contribution is 7.19. The number of nitrogens with one attached hydrogen (secondary N) is 1. The normalized spacial score (nSPS) is 13.4. The number of ether oxygens (including phenoxy) is 2. The molecule has 1 aliphatic rings. The second kappa shape index (κ2) is 10.3. The molecule has 0 saturated heterocycles. The van der Waals surface area contributed by atoms with E-state index in [1.807, 2.05) is 6.92 Å². The molecule has 0 unspecified atom stereocenters. The minimum Gasteiger partial charge on any atom is -0.495 e. The first kappa shape index (κ1) is 24.9. The Morgan fingerprint density at radius 1 is 1.22 bits per heavy atom. The van der Waals surface area contributed by atoms with Crippen LogP contribution in [0.25, 0.3) is 21.3 Å². The van der Waals surface area contributed by atoms with Crippen molar-refractivity contribution < 1.29 is 28.2 Å². The van der Waals surface area contributed by atoms with Gasteiger partial charge in [-0.15, -0.1) is 11.3 Å². The second-order valence-electron chi connectivity index (χ2n) is 8.84. The van der Waals surface area contributed by atoms with Crippen molar-refractivity contribution in [2.24, 2.45) is 0 Å². The van der Waals surface area contributed by atoms with E-state index in [9.17, 15) is 14.3 Å². The van der Waals surface area contributed by atoms with Crippen LogP contribution in [0.3, 0.4) is 0 Å². The maximum absolute atomic E-state index is 15.4. The van der Waals surface area contributed by atoms with Crippen molar-refractivity contribution in [3.63, 3.8) is 0 Å². The number of methoxy groups -OCH3 is 1. The van der Waals surface area contributed by atoms with Gasteiger partial charge in [0.15, 0.2) is 11.6 Å². The molecule has 10 heteroatoms. The molecule has 7 nitrogen and oxygen atoms in total. The molecule has 0 radical (unpaired) electrons. The number of nitrogens with zero attached hydrogens (tertiary/aromatic N) is 2. The van der Waals surface area contributed by atoms with Crippen molar-refractivity contribution in [2.45, 2.75) is 38.7 Å². The van der Waals surface area contributed by atoms with Gasteiger partial charge in [-0.25, -0.2) is 23.5 Å². The molecule has 0 atom stereocenters. The molecule has 2 aromatic carbocycles. The van der Waals surface area contributed by atoms with E-state index in [2.05, 4.69) is 15.3 Å². The molecular weight excluding hydrogens is 500 g/mol. The monoisotopic (exact) mass is 525 g/mol. The van der Waals surface area contributed by atoms with E-state index < -0.39 is 11.8 Å². The quantitative estimate of drug-likeness (QED) is 0.267. The Morgan fingerprint density at radius 2 is 2.03 bits per heavy atom. The summed E-state index contributed by atoms with van der Waals surface area (Å²) in [5.41, 5.74) is 1.09. The molecule has 1 fully saturated rings. The van der Waals surface area contributed by atoms with Gasteiger partial charge in [0.1, 0.15) is 29.3 Å². The average molecular weight is 526 g/mol. The minimum absolute atomic E-state index is 0.124. The van der Waals surface area contributed by atoms with E-state index in [-0.39, 0.29) is 28.8 Å². The van der Waals surface area contributed by atoms with Crippen LogP contribution < -0.4 is 14.8 Å². The molecule has 1 saturated carbocycles. The van der Waals surface area contributed by atoms with Gasteiger partial charge in [-0.3, -0.25) is 0 Å². The van der Waals surface area contributed by atoms with Crippen LogP contribution in [0.15, 0.2) is 36.7 Å². The fourth-order valence-electron chi connectivity index (χ4n) is 4.38. The first-order valence-corrected chi connectivity index (χ1v) is 12.7. The zero-order valence-electron chi connectivity index (χ0n) is 20.3. The number of fused-ring (bicyclic) bond motifs is 1. The molecule has 0 aliphatic heterocycles. The molecule has 37 heavy (non-hydrogen) atoms. The lowest BCUT2D eigenvalue weighted by atomic mass is 9.96. The fraction of sp³-hybridized carbons (Fsp3) is 0.296. The number of hydrogen-bond acceptors (Lipinski definition) is 7. The van der Waals surface area contributed by atoms with E-state index in [0.717, 1.165) is 34.4 Å². The third kappa shape index (κ3) is 4.81. The van der Waals surface area contributed by atoms with Gasteiger partial charge in [0.2, 0.25) is 0 Å². The van der Waals surface area contributed by atoms with Crippen LogP contribution in [-0.2, 0) is 6.42 Å². The largest absolute Gasteiger partial charge is 0.495 e. The van der Waals surface area contributed by atoms with Crippen LogP contribution in [0.4, 0.5) is 14.6 Å². The molecular formula is C27H25F2N3O4S. The predicted molar refractivity (Wildman–Crippen MR) is 138 cm³/mol. The number of carbonyl (C=O) groups is 1. The summed E-state index contributed by atoms with van der Waals surface area (Å²) in [6.45, 7) is 2.41. The molecule has 192 valence electrons. The number of carboxylic acids is 1. The SMILES string of the molecule is COc1ccc(F)c2c(CCNc3cc(-c4ccc(C(=O)O)c(OC5CCC5)c4F)ncn3)c(C)sc12. The molecule has 1 aliphatic carbocycles. The summed E-state index contributed by atoms with van der Waals surface area (Å²) in [5.74, 6) is -1.47. The number of carboxylic acid groups (broad SMARTS) is 1. The first-order valence-electron chi connectivity index (χ1n) is 11.9. The van der Waals surface area contributed by atoms with Crippen LogP contribution in [0.1, 0.15) is 40.1 Å². The molecule has 2 N–H and O–H groups in total. The van der Waals surface area contributed by atoms with E-state index >= 15 is 4.39 Å². The predicted octanol–water partition coefficient (Wildman–Crippen LogP) is 6.24. The van der Waals surface area contributed by atoms with Crippen molar-refractivity contribution in [1.82, 2.24) is 9.97 Å². The maximum Gasteiger partial charge on any atom is 0.339 e.